The summed E-state index contributed by atoms with van der Waals surface area (Å²) < 4.78 is 0.701. The standard InChI is InChI=1S/C18H15N3O3S/c1-10(2)7-13-5-3-12(9-19-13)16(22)21-18-20-14-6-4-11(17(23)24)8-15(14)25-18/h3-9H,1-2H3,(H,23,24)(H,20,21,22). The molecular formula is C18H15N3O3S. The van der Waals surface area contributed by atoms with Gasteiger partial charge in [-0.2, -0.15) is 0 Å². The zero-order chi connectivity index (χ0) is 18.0. The molecule has 0 spiro atoms. The first-order valence-corrected chi connectivity index (χ1v) is 8.30. The third-order valence-electron chi connectivity index (χ3n) is 3.34. The van der Waals surface area contributed by atoms with Crippen molar-refractivity contribution < 1.29 is 14.7 Å². The van der Waals surface area contributed by atoms with Crippen LogP contribution in [0.1, 0.15) is 40.3 Å². The number of pyridine rings is 1. The number of carboxylic acid groups (broad SMARTS) is 1. The highest BCUT2D eigenvalue weighted by Crippen LogP contribution is 2.27. The van der Waals surface area contributed by atoms with Crippen LogP contribution in [0, 0.1) is 0 Å². The van der Waals surface area contributed by atoms with E-state index in [9.17, 15) is 9.59 Å². The Balaban J connectivity index is 1.79. The second-order valence-corrected chi connectivity index (χ2v) is 6.68. The molecule has 1 amide bonds. The number of aromatic carboxylic acids is 1. The number of hydrogen-bond donors (Lipinski definition) is 2. The van der Waals surface area contributed by atoms with Gasteiger partial charge < -0.3 is 5.11 Å². The molecule has 1 aromatic carbocycles. The van der Waals surface area contributed by atoms with Gasteiger partial charge in [-0.1, -0.05) is 16.9 Å². The van der Waals surface area contributed by atoms with E-state index >= 15 is 0 Å². The Kier molecular flexibility index (Phi) is 4.58. The van der Waals surface area contributed by atoms with Crippen LogP contribution >= 0.6 is 11.3 Å². The van der Waals surface area contributed by atoms with E-state index in [0.29, 0.717) is 20.9 Å². The summed E-state index contributed by atoms with van der Waals surface area (Å²) in [7, 11) is 0. The van der Waals surface area contributed by atoms with Crippen molar-refractivity contribution in [2.75, 3.05) is 5.32 Å². The molecule has 25 heavy (non-hydrogen) atoms. The first-order chi connectivity index (χ1) is 11.9. The SMILES string of the molecule is CC(C)=Cc1ccc(C(=O)Nc2nc3ccc(C(=O)O)cc3s2)cn1. The zero-order valence-electron chi connectivity index (χ0n) is 13.6. The number of carboxylic acids is 1. The van der Waals surface area contributed by atoms with Gasteiger partial charge in [0.15, 0.2) is 5.13 Å². The number of benzene rings is 1. The van der Waals surface area contributed by atoms with Crippen LogP contribution in [0.15, 0.2) is 42.1 Å². The number of rotatable bonds is 4. The summed E-state index contributed by atoms with van der Waals surface area (Å²) >= 11 is 1.23. The summed E-state index contributed by atoms with van der Waals surface area (Å²) in [5.74, 6) is -1.31. The summed E-state index contributed by atoms with van der Waals surface area (Å²) in [6, 6.07) is 8.13. The van der Waals surface area contributed by atoms with E-state index in [2.05, 4.69) is 15.3 Å². The minimum Gasteiger partial charge on any atom is -0.478 e. The van der Waals surface area contributed by atoms with Crippen molar-refractivity contribution in [3.05, 3.63) is 58.9 Å². The van der Waals surface area contributed by atoms with E-state index in [1.807, 2.05) is 19.9 Å². The first kappa shape index (κ1) is 16.8. The van der Waals surface area contributed by atoms with Crippen molar-refractivity contribution in [3.63, 3.8) is 0 Å². The molecule has 0 fully saturated rings. The quantitative estimate of drug-likeness (QED) is 0.738. The molecule has 2 heterocycles. The average Bonchev–Trinajstić information content (AvgIpc) is 2.96. The molecule has 3 aromatic rings. The fourth-order valence-electron chi connectivity index (χ4n) is 2.20. The maximum atomic E-state index is 12.3. The molecule has 0 atom stereocenters. The van der Waals surface area contributed by atoms with E-state index < -0.39 is 5.97 Å². The van der Waals surface area contributed by atoms with Gasteiger partial charge in [-0.3, -0.25) is 15.1 Å². The Hall–Kier alpha value is -3.06. The minimum atomic E-state index is -0.997. The van der Waals surface area contributed by atoms with E-state index in [1.54, 1.807) is 24.3 Å². The number of anilines is 1. The van der Waals surface area contributed by atoms with Crippen LogP contribution in [0.2, 0.25) is 0 Å². The summed E-state index contributed by atoms with van der Waals surface area (Å²) in [6.07, 6.45) is 3.44. The Morgan fingerprint density at radius 1 is 1.16 bits per heavy atom. The molecule has 126 valence electrons. The fraction of sp³-hybridized carbons (Fsp3) is 0.111. The predicted molar refractivity (Wildman–Crippen MR) is 98.1 cm³/mol. The monoisotopic (exact) mass is 353 g/mol. The Morgan fingerprint density at radius 2 is 1.92 bits per heavy atom. The van der Waals surface area contributed by atoms with Gasteiger partial charge in [0, 0.05) is 6.20 Å². The summed E-state index contributed by atoms with van der Waals surface area (Å²) in [6.45, 7) is 3.95. The van der Waals surface area contributed by atoms with Crippen molar-refractivity contribution in [2.24, 2.45) is 0 Å². The molecule has 2 aromatic heterocycles. The van der Waals surface area contributed by atoms with Crippen molar-refractivity contribution >= 4 is 44.6 Å². The highest BCUT2D eigenvalue weighted by Gasteiger charge is 2.12. The number of nitrogens with one attached hydrogen (secondary N) is 1. The highest BCUT2D eigenvalue weighted by molar-refractivity contribution is 7.22. The summed E-state index contributed by atoms with van der Waals surface area (Å²) in [5, 5.41) is 12.2. The fourth-order valence-corrected chi connectivity index (χ4v) is 3.10. The zero-order valence-corrected chi connectivity index (χ0v) is 14.4. The second kappa shape index (κ2) is 6.82. The number of aromatic nitrogens is 2. The molecule has 2 N–H and O–H groups in total. The van der Waals surface area contributed by atoms with Crippen LogP contribution < -0.4 is 5.32 Å². The Labute approximate surface area is 147 Å². The van der Waals surface area contributed by atoms with Crippen LogP contribution in [0.5, 0.6) is 0 Å². The van der Waals surface area contributed by atoms with Crippen molar-refractivity contribution in [3.8, 4) is 0 Å². The Morgan fingerprint density at radius 3 is 2.56 bits per heavy atom. The van der Waals surface area contributed by atoms with Gasteiger partial charge in [0.25, 0.3) is 5.91 Å². The number of allylic oxidation sites excluding steroid dienone is 1. The number of carbonyl (C=O) groups excluding carboxylic acids is 1. The van der Waals surface area contributed by atoms with E-state index in [0.717, 1.165) is 11.3 Å². The molecule has 0 aliphatic heterocycles. The maximum absolute atomic E-state index is 12.3. The normalized spacial score (nSPS) is 10.5. The van der Waals surface area contributed by atoms with Gasteiger partial charge in [0.1, 0.15) is 0 Å². The molecule has 0 bridgehead atoms. The molecular weight excluding hydrogens is 338 g/mol. The van der Waals surface area contributed by atoms with E-state index in [4.69, 9.17) is 5.11 Å². The number of fused-ring (bicyclic) bond motifs is 1. The molecule has 6 nitrogen and oxygen atoms in total. The van der Waals surface area contributed by atoms with E-state index in [-0.39, 0.29) is 11.5 Å². The molecule has 0 aliphatic rings. The predicted octanol–water partition coefficient (Wildman–Crippen LogP) is 4.07. The van der Waals surface area contributed by atoms with Crippen LogP contribution in [0.3, 0.4) is 0 Å². The number of thiazole rings is 1. The summed E-state index contributed by atoms with van der Waals surface area (Å²) in [5.41, 5.74) is 3.17. The lowest BCUT2D eigenvalue weighted by Gasteiger charge is -2.01. The van der Waals surface area contributed by atoms with Gasteiger partial charge in [-0.25, -0.2) is 9.78 Å². The number of hydrogen-bond acceptors (Lipinski definition) is 5. The summed E-state index contributed by atoms with van der Waals surface area (Å²) in [4.78, 5) is 31.9. The number of carbonyl (C=O) groups is 2. The lowest BCUT2D eigenvalue weighted by molar-refractivity contribution is 0.0697. The topological polar surface area (TPSA) is 92.2 Å². The minimum absolute atomic E-state index is 0.188. The third kappa shape index (κ3) is 3.89. The third-order valence-corrected chi connectivity index (χ3v) is 4.27. The largest absolute Gasteiger partial charge is 0.478 e. The lowest BCUT2D eigenvalue weighted by atomic mass is 10.2. The van der Waals surface area contributed by atoms with Gasteiger partial charge in [0.05, 0.1) is 27.0 Å². The van der Waals surface area contributed by atoms with Gasteiger partial charge in [0.2, 0.25) is 0 Å². The molecule has 0 saturated carbocycles. The van der Waals surface area contributed by atoms with Gasteiger partial charge >= 0.3 is 5.97 Å². The van der Waals surface area contributed by atoms with Crippen LogP contribution in [-0.4, -0.2) is 27.0 Å². The van der Waals surface area contributed by atoms with Crippen molar-refractivity contribution in [2.45, 2.75) is 13.8 Å². The second-order valence-electron chi connectivity index (χ2n) is 5.65. The molecule has 0 unspecified atom stereocenters. The molecule has 0 radical (unpaired) electrons. The molecule has 0 aliphatic carbocycles. The van der Waals surface area contributed by atoms with Crippen molar-refractivity contribution in [1.82, 2.24) is 9.97 Å². The first-order valence-electron chi connectivity index (χ1n) is 7.48. The van der Waals surface area contributed by atoms with Gasteiger partial charge in [-0.15, -0.1) is 0 Å². The molecule has 3 rings (SSSR count). The molecule has 0 saturated heterocycles. The van der Waals surface area contributed by atoms with Crippen molar-refractivity contribution in [1.29, 1.82) is 0 Å². The van der Waals surface area contributed by atoms with Gasteiger partial charge in [-0.05, 0) is 50.3 Å². The van der Waals surface area contributed by atoms with Crippen LogP contribution in [-0.2, 0) is 0 Å². The maximum Gasteiger partial charge on any atom is 0.335 e. The smallest absolute Gasteiger partial charge is 0.335 e. The number of nitrogens with zero attached hydrogens (tertiary/aromatic N) is 2. The number of amides is 1. The molecule has 7 heteroatoms. The van der Waals surface area contributed by atoms with E-state index in [1.165, 1.54) is 23.6 Å². The lowest BCUT2D eigenvalue weighted by Crippen LogP contribution is -2.11. The average molecular weight is 353 g/mol. The highest BCUT2D eigenvalue weighted by atomic mass is 32.1. The van der Waals surface area contributed by atoms with Crippen LogP contribution in [0.25, 0.3) is 16.3 Å². The Bertz CT molecular complexity index is 986. The van der Waals surface area contributed by atoms with Crippen LogP contribution in [0.4, 0.5) is 5.13 Å².